The Hall–Kier alpha value is -2.72. The lowest BCUT2D eigenvalue weighted by Crippen LogP contribution is -2.20. The molecule has 1 aliphatic rings. The Morgan fingerprint density at radius 1 is 1.25 bits per heavy atom. The van der Waals surface area contributed by atoms with E-state index in [1.54, 1.807) is 48.5 Å². The number of rotatable bonds is 4. The molecule has 1 aliphatic heterocycles. The third-order valence-corrected chi connectivity index (χ3v) is 4.96. The van der Waals surface area contributed by atoms with Gasteiger partial charge in [-0.05, 0) is 47.7 Å². The summed E-state index contributed by atoms with van der Waals surface area (Å²) in [5.74, 6) is 1.80. The number of thioether (sulfide) groups is 1. The van der Waals surface area contributed by atoms with Crippen LogP contribution in [0.3, 0.4) is 0 Å². The van der Waals surface area contributed by atoms with Crippen LogP contribution in [-0.2, 0) is 4.79 Å². The van der Waals surface area contributed by atoms with Gasteiger partial charge in [0.15, 0.2) is 10.9 Å². The predicted octanol–water partition coefficient (Wildman–Crippen LogP) is 4.41. The number of ether oxygens (including phenoxy) is 1. The Morgan fingerprint density at radius 2 is 1.93 bits per heavy atom. The third kappa shape index (κ3) is 4.76. The number of hydrogen-bond acceptors (Lipinski definition) is 4. The first kappa shape index (κ1) is 20.0. The lowest BCUT2D eigenvalue weighted by molar-refractivity contribution is -0.115. The smallest absolute Gasteiger partial charge is 0.279 e. The second kappa shape index (κ2) is 8.98. The molecule has 0 saturated carbocycles. The van der Waals surface area contributed by atoms with Gasteiger partial charge in [0.25, 0.3) is 11.8 Å². The van der Waals surface area contributed by atoms with E-state index in [1.807, 2.05) is 0 Å². The van der Waals surface area contributed by atoms with Crippen molar-refractivity contribution in [3.8, 4) is 18.1 Å². The van der Waals surface area contributed by atoms with E-state index >= 15 is 0 Å². The van der Waals surface area contributed by atoms with Crippen LogP contribution in [0, 0.1) is 12.3 Å². The molecular weight excluding hydrogens is 419 g/mol. The molecule has 5 nitrogen and oxygen atoms in total. The Labute approximate surface area is 175 Å². The zero-order valence-corrected chi connectivity index (χ0v) is 16.6. The van der Waals surface area contributed by atoms with Gasteiger partial charge in [0.2, 0.25) is 0 Å². The molecule has 1 saturated heterocycles. The van der Waals surface area contributed by atoms with Crippen molar-refractivity contribution in [1.82, 2.24) is 5.32 Å². The summed E-state index contributed by atoms with van der Waals surface area (Å²) in [5.41, 5.74) is 1.03. The molecule has 28 heavy (non-hydrogen) atoms. The van der Waals surface area contributed by atoms with Gasteiger partial charge in [0.05, 0.1) is 15.0 Å². The minimum Gasteiger partial charge on any atom is -0.478 e. The van der Waals surface area contributed by atoms with Crippen molar-refractivity contribution in [3.05, 3.63) is 68.5 Å². The molecule has 0 unspecified atom stereocenters. The van der Waals surface area contributed by atoms with Crippen LogP contribution in [0.25, 0.3) is 6.08 Å². The average Bonchev–Trinajstić information content (AvgIpc) is 3.00. The minimum absolute atomic E-state index is 0.0351. The molecule has 1 heterocycles. The van der Waals surface area contributed by atoms with Crippen molar-refractivity contribution >= 4 is 58.0 Å². The van der Waals surface area contributed by atoms with E-state index in [2.05, 4.69) is 16.2 Å². The molecule has 0 aromatic heterocycles. The van der Waals surface area contributed by atoms with Crippen molar-refractivity contribution in [3.63, 3.8) is 0 Å². The number of benzene rings is 2. The third-order valence-electron chi connectivity index (χ3n) is 3.49. The van der Waals surface area contributed by atoms with Crippen molar-refractivity contribution in [2.45, 2.75) is 0 Å². The summed E-state index contributed by atoms with van der Waals surface area (Å²) in [5, 5.41) is 3.31. The normalized spacial score (nSPS) is 16.1. The highest BCUT2D eigenvalue weighted by Gasteiger charge is 2.25. The number of carbonyl (C=O) groups excluding carboxylic acids is 2. The van der Waals surface area contributed by atoms with Gasteiger partial charge in [-0.2, -0.15) is 4.99 Å². The number of carbonyl (C=O) groups is 2. The molecule has 3 rings (SSSR count). The number of amides is 2. The van der Waals surface area contributed by atoms with Crippen molar-refractivity contribution in [2.75, 3.05) is 6.61 Å². The van der Waals surface area contributed by atoms with Crippen molar-refractivity contribution in [2.24, 2.45) is 4.99 Å². The molecule has 0 spiro atoms. The fourth-order valence-electron chi connectivity index (χ4n) is 2.28. The summed E-state index contributed by atoms with van der Waals surface area (Å²) >= 11 is 13.4. The summed E-state index contributed by atoms with van der Waals surface area (Å²) in [7, 11) is 0. The largest absolute Gasteiger partial charge is 0.478 e. The van der Waals surface area contributed by atoms with E-state index in [-0.39, 0.29) is 33.5 Å². The highest BCUT2D eigenvalue weighted by atomic mass is 35.5. The first-order chi connectivity index (χ1) is 13.5. The Balaban J connectivity index is 1.80. The average molecular weight is 431 g/mol. The Kier molecular flexibility index (Phi) is 6.42. The van der Waals surface area contributed by atoms with Gasteiger partial charge in [-0.15, -0.1) is 6.42 Å². The van der Waals surface area contributed by atoms with Gasteiger partial charge in [-0.1, -0.05) is 47.3 Å². The van der Waals surface area contributed by atoms with Crippen LogP contribution in [0.4, 0.5) is 0 Å². The monoisotopic (exact) mass is 430 g/mol. The molecule has 2 aromatic carbocycles. The van der Waals surface area contributed by atoms with E-state index in [1.165, 1.54) is 0 Å². The number of hydrogen-bond donors (Lipinski definition) is 1. The van der Waals surface area contributed by atoms with Crippen LogP contribution in [0.5, 0.6) is 5.75 Å². The molecule has 0 bridgehead atoms. The zero-order valence-electron chi connectivity index (χ0n) is 14.2. The van der Waals surface area contributed by atoms with Crippen LogP contribution in [0.1, 0.15) is 15.9 Å². The topological polar surface area (TPSA) is 67.8 Å². The van der Waals surface area contributed by atoms with Gasteiger partial charge in [0.1, 0.15) is 6.61 Å². The lowest BCUT2D eigenvalue weighted by Gasteiger charge is -2.08. The molecule has 0 aliphatic carbocycles. The molecule has 1 fully saturated rings. The van der Waals surface area contributed by atoms with E-state index in [9.17, 15) is 9.59 Å². The molecule has 0 atom stereocenters. The number of nitrogens with one attached hydrogen (secondary N) is 1. The van der Waals surface area contributed by atoms with Gasteiger partial charge >= 0.3 is 0 Å². The van der Waals surface area contributed by atoms with E-state index in [0.717, 1.165) is 11.8 Å². The molecule has 8 heteroatoms. The summed E-state index contributed by atoms with van der Waals surface area (Å²) in [4.78, 5) is 28.6. The summed E-state index contributed by atoms with van der Waals surface area (Å²) in [6.45, 7) is 0.0351. The zero-order chi connectivity index (χ0) is 20.1. The first-order valence-electron chi connectivity index (χ1n) is 7.92. The summed E-state index contributed by atoms with van der Waals surface area (Å²) in [6, 6.07) is 11.8. The van der Waals surface area contributed by atoms with Crippen LogP contribution in [-0.4, -0.2) is 23.6 Å². The number of aliphatic imine (C=N–C) groups is 1. The van der Waals surface area contributed by atoms with Crippen LogP contribution >= 0.6 is 35.0 Å². The maximum absolute atomic E-state index is 12.2. The van der Waals surface area contributed by atoms with Gasteiger partial charge in [-0.25, -0.2) is 0 Å². The van der Waals surface area contributed by atoms with Crippen LogP contribution < -0.4 is 10.1 Å². The number of terminal acetylenes is 1. The predicted molar refractivity (Wildman–Crippen MR) is 113 cm³/mol. The lowest BCUT2D eigenvalue weighted by atomic mass is 10.2. The summed E-state index contributed by atoms with van der Waals surface area (Å²) < 4.78 is 5.30. The van der Waals surface area contributed by atoms with Crippen LogP contribution in [0.2, 0.25) is 10.0 Å². The van der Waals surface area contributed by atoms with Gasteiger partial charge < -0.3 is 10.1 Å². The fraction of sp³-hybridized carbons (Fsp3) is 0.0500. The first-order valence-corrected chi connectivity index (χ1v) is 9.49. The molecular formula is C20H12Cl2N2O3S. The quantitative estimate of drug-likeness (QED) is 0.576. The maximum atomic E-state index is 12.2. The number of amidine groups is 1. The number of halogens is 2. The van der Waals surface area contributed by atoms with E-state index < -0.39 is 5.91 Å². The Morgan fingerprint density at radius 3 is 2.57 bits per heavy atom. The molecule has 2 amide bonds. The second-order valence-corrected chi connectivity index (χ2v) is 7.30. The minimum atomic E-state index is -0.439. The van der Waals surface area contributed by atoms with Crippen molar-refractivity contribution in [1.29, 1.82) is 0 Å². The SMILES string of the molecule is C#CCOc1c(Cl)cc(/C=C2\SC(=NC(=O)c3ccccc3)NC2=O)cc1Cl. The molecule has 0 radical (unpaired) electrons. The van der Waals surface area contributed by atoms with Crippen LogP contribution in [0.15, 0.2) is 52.4 Å². The van der Waals surface area contributed by atoms with Crippen molar-refractivity contribution < 1.29 is 14.3 Å². The highest BCUT2D eigenvalue weighted by Crippen LogP contribution is 2.36. The maximum Gasteiger partial charge on any atom is 0.279 e. The Bertz CT molecular complexity index is 1020. The second-order valence-electron chi connectivity index (χ2n) is 5.46. The molecule has 2 aromatic rings. The highest BCUT2D eigenvalue weighted by molar-refractivity contribution is 8.18. The van der Waals surface area contributed by atoms with Gasteiger partial charge in [-0.3, -0.25) is 9.59 Å². The van der Waals surface area contributed by atoms with E-state index in [0.29, 0.717) is 16.0 Å². The molecule has 1 N–H and O–H groups in total. The fourth-order valence-corrected chi connectivity index (χ4v) is 3.72. The number of nitrogens with zero attached hydrogens (tertiary/aromatic N) is 1. The van der Waals surface area contributed by atoms with Gasteiger partial charge in [0, 0.05) is 5.56 Å². The summed E-state index contributed by atoms with van der Waals surface area (Å²) in [6.07, 6.45) is 6.76. The van der Waals surface area contributed by atoms with E-state index in [4.69, 9.17) is 34.4 Å². The standard InChI is InChI=1S/C20H12Cl2N2O3S/c1-2-8-27-17-14(21)9-12(10-15(17)22)11-16-19(26)24-20(28-16)23-18(25)13-6-4-3-5-7-13/h1,3-7,9-11H,8H2,(H,23,24,25,26)/b16-11-. The molecule has 140 valence electrons.